The lowest BCUT2D eigenvalue weighted by Crippen LogP contribution is -2.29. The zero-order valence-corrected chi connectivity index (χ0v) is 10.9. The van der Waals surface area contributed by atoms with Gasteiger partial charge in [0.1, 0.15) is 6.61 Å². The highest BCUT2D eigenvalue weighted by molar-refractivity contribution is 6.02. The molecule has 0 atom stereocenters. The Labute approximate surface area is 111 Å². The van der Waals surface area contributed by atoms with E-state index in [1.807, 2.05) is 6.92 Å². The van der Waals surface area contributed by atoms with E-state index in [4.69, 9.17) is 4.74 Å². The Morgan fingerprint density at radius 2 is 2.21 bits per heavy atom. The summed E-state index contributed by atoms with van der Waals surface area (Å²) in [7, 11) is 0. The first-order valence-corrected chi connectivity index (χ1v) is 6.43. The van der Waals surface area contributed by atoms with Crippen molar-refractivity contribution in [3.05, 3.63) is 11.9 Å². The molecule has 0 aromatic carbocycles. The van der Waals surface area contributed by atoms with E-state index < -0.39 is 0 Å². The minimum absolute atomic E-state index is 0.0287. The lowest BCUT2D eigenvalue weighted by atomic mass is 10.3. The summed E-state index contributed by atoms with van der Waals surface area (Å²) in [6.07, 6.45) is 3.54. The van der Waals surface area contributed by atoms with Crippen LogP contribution in [0.3, 0.4) is 0 Å². The average molecular weight is 266 g/mol. The van der Waals surface area contributed by atoms with Crippen LogP contribution >= 0.6 is 0 Å². The van der Waals surface area contributed by atoms with Gasteiger partial charge >= 0.3 is 0 Å². The fraction of sp³-hybridized carbons (Fsp3) is 0.583. The molecule has 2 N–H and O–H groups in total. The number of carbonyl (C=O) groups is 2. The summed E-state index contributed by atoms with van der Waals surface area (Å²) < 4.78 is 5.01. The van der Waals surface area contributed by atoms with E-state index in [0.29, 0.717) is 12.3 Å². The molecule has 0 unspecified atom stereocenters. The molecule has 1 aromatic heterocycles. The van der Waals surface area contributed by atoms with Crippen molar-refractivity contribution in [2.75, 3.05) is 31.6 Å². The Morgan fingerprint density at radius 1 is 1.47 bits per heavy atom. The van der Waals surface area contributed by atoms with Crippen LogP contribution in [0.1, 0.15) is 30.3 Å². The molecule has 1 fully saturated rings. The maximum absolute atomic E-state index is 12.2. The quantitative estimate of drug-likeness (QED) is 0.818. The Kier molecular flexibility index (Phi) is 4.51. The van der Waals surface area contributed by atoms with Gasteiger partial charge in [0.2, 0.25) is 5.91 Å². The van der Waals surface area contributed by atoms with E-state index in [1.165, 1.54) is 6.20 Å². The highest BCUT2D eigenvalue weighted by Gasteiger charge is 2.24. The van der Waals surface area contributed by atoms with Gasteiger partial charge in [-0.3, -0.25) is 14.7 Å². The van der Waals surface area contributed by atoms with Gasteiger partial charge in [-0.1, -0.05) is 0 Å². The van der Waals surface area contributed by atoms with E-state index in [1.54, 1.807) is 4.90 Å². The van der Waals surface area contributed by atoms with Crippen molar-refractivity contribution >= 4 is 17.5 Å². The zero-order chi connectivity index (χ0) is 13.7. The van der Waals surface area contributed by atoms with E-state index >= 15 is 0 Å². The van der Waals surface area contributed by atoms with Crippen LogP contribution in [-0.2, 0) is 9.53 Å². The van der Waals surface area contributed by atoms with Gasteiger partial charge in [0.25, 0.3) is 5.91 Å². The monoisotopic (exact) mass is 266 g/mol. The number of H-pyrrole nitrogens is 1. The molecule has 104 valence electrons. The lowest BCUT2D eigenvalue weighted by molar-refractivity contribution is -0.120. The van der Waals surface area contributed by atoms with Gasteiger partial charge in [-0.05, 0) is 19.8 Å². The summed E-state index contributed by atoms with van der Waals surface area (Å²) >= 11 is 0. The summed E-state index contributed by atoms with van der Waals surface area (Å²) in [5.74, 6) is -0.441. The molecular weight excluding hydrogens is 248 g/mol. The van der Waals surface area contributed by atoms with Gasteiger partial charge in [0.15, 0.2) is 5.69 Å². The highest BCUT2D eigenvalue weighted by Crippen LogP contribution is 2.17. The second kappa shape index (κ2) is 6.33. The first-order valence-electron chi connectivity index (χ1n) is 6.43. The number of hydrogen-bond acceptors (Lipinski definition) is 4. The van der Waals surface area contributed by atoms with Crippen molar-refractivity contribution in [3.63, 3.8) is 0 Å². The first kappa shape index (κ1) is 13.5. The molecule has 0 radical (unpaired) electrons. The SMILES string of the molecule is CCOCC(=O)Nc1c[nH]nc1C(=O)N1CCCC1. The maximum Gasteiger partial charge on any atom is 0.276 e. The van der Waals surface area contributed by atoms with Gasteiger partial charge in [-0.25, -0.2) is 0 Å². The molecular formula is C12H18N4O3. The van der Waals surface area contributed by atoms with Crippen molar-refractivity contribution in [2.45, 2.75) is 19.8 Å². The smallest absolute Gasteiger partial charge is 0.276 e. The minimum atomic E-state index is -0.293. The second-order valence-corrected chi connectivity index (χ2v) is 4.33. The minimum Gasteiger partial charge on any atom is -0.372 e. The number of carbonyl (C=O) groups excluding carboxylic acids is 2. The van der Waals surface area contributed by atoms with Crippen LogP contribution in [0.5, 0.6) is 0 Å². The molecule has 7 nitrogen and oxygen atoms in total. The molecule has 0 bridgehead atoms. The molecule has 2 amide bonds. The Balaban J connectivity index is 2.00. The summed E-state index contributed by atoms with van der Waals surface area (Å²) in [5.41, 5.74) is 0.661. The maximum atomic E-state index is 12.2. The molecule has 2 heterocycles. The first-order chi connectivity index (χ1) is 9.22. The van der Waals surface area contributed by atoms with Crippen LogP contribution in [0.2, 0.25) is 0 Å². The van der Waals surface area contributed by atoms with Crippen molar-refractivity contribution in [1.82, 2.24) is 15.1 Å². The normalized spacial score (nSPS) is 14.7. The van der Waals surface area contributed by atoms with Crippen molar-refractivity contribution in [3.8, 4) is 0 Å². The van der Waals surface area contributed by atoms with E-state index in [9.17, 15) is 9.59 Å². The largest absolute Gasteiger partial charge is 0.372 e. The number of likely N-dealkylation sites (tertiary alicyclic amines) is 1. The lowest BCUT2D eigenvalue weighted by Gasteiger charge is -2.14. The van der Waals surface area contributed by atoms with Crippen LogP contribution in [0.15, 0.2) is 6.20 Å². The molecule has 1 aromatic rings. The Morgan fingerprint density at radius 3 is 2.89 bits per heavy atom. The number of nitrogens with zero attached hydrogens (tertiary/aromatic N) is 2. The van der Waals surface area contributed by atoms with Crippen LogP contribution < -0.4 is 5.32 Å². The van der Waals surface area contributed by atoms with Gasteiger partial charge in [-0.15, -0.1) is 0 Å². The van der Waals surface area contributed by atoms with Crippen molar-refractivity contribution < 1.29 is 14.3 Å². The summed E-state index contributed by atoms with van der Waals surface area (Å²) in [5, 5.41) is 9.16. The third-order valence-electron chi connectivity index (χ3n) is 2.95. The average Bonchev–Trinajstić information content (AvgIpc) is 3.06. The number of ether oxygens (including phenoxy) is 1. The predicted molar refractivity (Wildman–Crippen MR) is 68.8 cm³/mol. The molecule has 1 saturated heterocycles. The second-order valence-electron chi connectivity index (χ2n) is 4.33. The molecule has 1 aliphatic rings. The Bertz CT molecular complexity index is 452. The fourth-order valence-corrected chi connectivity index (χ4v) is 2.00. The van der Waals surface area contributed by atoms with Crippen LogP contribution in [0.25, 0.3) is 0 Å². The topological polar surface area (TPSA) is 87.3 Å². The summed E-state index contributed by atoms with van der Waals surface area (Å²) in [6.45, 7) is 3.75. The number of anilines is 1. The van der Waals surface area contributed by atoms with Gasteiger partial charge in [-0.2, -0.15) is 5.10 Å². The molecule has 0 aliphatic carbocycles. The third-order valence-corrected chi connectivity index (χ3v) is 2.95. The number of amides is 2. The molecule has 1 aliphatic heterocycles. The molecule has 19 heavy (non-hydrogen) atoms. The summed E-state index contributed by atoms with van der Waals surface area (Å²) in [6, 6.07) is 0. The van der Waals surface area contributed by atoms with Gasteiger partial charge in [0, 0.05) is 25.9 Å². The molecule has 2 rings (SSSR count). The van der Waals surface area contributed by atoms with Gasteiger partial charge in [0.05, 0.1) is 5.69 Å². The van der Waals surface area contributed by atoms with Gasteiger partial charge < -0.3 is 15.0 Å². The number of aromatic nitrogens is 2. The highest BCUT2D eigenvalue weighted by atomic mass is 16.5. The number of nitrogens with one attached hydrogen (secondary N) is 2. The van der Waals surface area contributed by atoms with E-state index in [-0.39, 0.29) is 24.1 Å². The van der Waals surface area contributed by atoms with Crippen molar-refractivity contribution in [2.24, 2.45) is 0 Å². The number of aromatic amines is 1. The summed E-state index contributed by atoms with van der Waals surface area (Å²) in [4.78, 5) is 25.5. The molecule has 0 saturated carbocycles. The Hall–Kier alpha value is -1.89. The van der Waals surface area contributed by atoms with E-state index in [2.05, 4.69) is 15.5 Å². The third kappa shape index (κ3) is 3.31. The van der Waals surface area contributed by atoms with Crippen LogP contribution in [0.4, 0.5) is 5.69 Å². The van der Waals surface area contributed by atoms with Crippen LogP contribution in [0, 0.1) is 0 Å². The predicted octanol–water partition coefficient (Wildman–Crippen LogP) is 0.621. The van der Waals surface area contributed by atoms with Crippen molar-refractivity contribution in [1.29, 1.82) is 0 Å². The zero-order valence-electron chi connectivity index (χ0n) is 10.9. The fourth-order valence-electron chi connectivity index (χ4n) is 2.00. The van der Waals surface area contributed by atoms with E-state index in [0.717, 1.165) is 25.9 Å². The standard InChI is InChI=1S/C12H18N4O3/c1-2-19-8-10(17)14-9-7-13-15-11(9)12(18)16-5-3-4-6-16/h7H,2-6,8H2,1H3,(H,13,15)(H,14,17). The number of rotatable bonds is 5. The van der Waals surface area contributed by atoms with Crippen LogP contribution in [-0.4, -0.2) is 53.2 Å². The molecule has 0 spiro atoms. The molecule has 7 heteroatoms. The number of hydrogen-bond donors (Lipinski definition) is 2.